The van der Waals surface area contributed by atoms with Gasteiger partial charge in [0, 0.05) is 111 Å². The first-order valence-corrected chi connectivity index (χ1v) is 4.28. The van der Waals surface area contributed by atoms with Crippen LogP contribution >= 0.6 is 0 Å². The van der Waals surface area contributed by atoms with E-state index in [0.29, 0.717) is 13.0 Å². The number of aliphatic hydroxyl groups is 1. The number of ether oxygens (including phenoxy) is 1. The minimum Gasteiger partial charge on any atom is -0.388 e. The Hall–Kier alpha value is 2.64. The molecule has 15 heavy (non-hydrogen) atoms. The Balaban J connectivity index is 0. The van der Waals surface area contributed by atoms with Gasteiger partial charge in [-0.1, -0.05) is 6.08 Å². The summed E-state index contributed by atoms with van der Waals surface area (Å²) >= 11 is 0. The van der Waals surface area contributed by atoms with Crippen molar-refractivity contribution in [2.45, 2.75) is 31.5 Å². The van der Waals surface area contributed by atoms with Gasteiger partial charge in [0.05, 0.1) is 18.8 Å². The summed E-state index contributed by atoms with van der Waals surface area (Å²) in [5, 5.41) is 9.51. The third kappa shape index (κ3) is 5.43. The molecule has 1 N–H and O–H groups in total. The van der Waals surface area contributed by atoms with E-state index in [1.54, 1.807) is 0 Å². The summed E-state index contributed by atoms with van der Waals surface area (Å²) in [7, 11) is 0. The molecule has 0 amide bonds. The number of hydrogen-bond acceptors (Lipinski definition) is 3. The molecule has 6 heteroatoms. The predicted octanol–water partition coefficient (Wildman–Crippen LogP) is 0.418. The van der Waals surface area contributed by atoms with Crippen molar-refractivity contribution in [1.82, 2.24) is 0 Å². The molecule has 3 radical (unpaired) electrons. The third-order valence-electron chi connectivity index (χ3n) is 2.41. The molecule has 1 saturated carbocycles. The number of fused-ring (bicyclic) bond motifs is 1. The number of ketones is 1. The molecule has 3 nitrogen and oxygen atoms in total. The molecule has 1 aliphatic heterocycles. The van der Waals surface area contributed by atoms with Crippen molar-refractivity contribution in [3.05, 3.63) is 11.6 Å². The maximum absolute atomic E-state index is 11.1. The second-order valence-corrected chi connectivity index (χ2v) is 3.31. The normalized spacial score (nSPS) is 28.6. The largest absolute Gasteiger partial charge is 0.388 e. The predicted molar refractivity (Wildman–Crippen MR) is 42.7 cm³/mol. The van der Waals surface area contributed by atoms with Gasteiger partial charge in [0.2, 0.25) is 0 Å². The van der Waals surface area contributed by atoms with Crippen LogP contribution in [-0.4, -0.2) is 29.7 Å². The molecule has 0 bridgehead atoms. The van der Waals surface area contributed by atoms with Gasteiger partial charge in [0.15, 0.2) is 0 Å². The van der Waals surface area contributed by atoms with Gasteiger partial charge >= 0.3 is 0 Å². The topological polar surface area (TPSA) is 46.5 Å². The van der Waals surface area contributed by atoms with Gasteiger partial charge in [-0.3, -0.25) is 4.79 Å². The van der Waals surface area contributed by atoms with Crippen LogP contribution in [0, 0.1) is 0 Å². The molecule has 2 atom stereocenters. The van der Waals surface area contributed by atoms with E-state index in [0.717, 1.165) is 12.0 Å². The number of hydrogen-bond donors (Lipinski definition) is 1. The fourth-order valence-corrected chi connectivity index (χ4v) is 1.81. The summed E-state index contributed by atoms with van der Waals surface area (Å²) in [6.07, 6.45) is 2.86. The molecular weight excluding hydrogens is 423 g/mol. The van der Waals surface area contributed by atoms with Gasteiger partial charge in [-0.05, 0) is 12.0 Å². The molecule has 0 spiro atoms. The van der Waals surface area contributed by atoms with Gasteiger partial charge in [0.25, 0.3) is 0 Å². The molecule has 0 aromatic carbocycles. The van der Waals surface area contributed by atoms with Crippen LogP contribution in [0.5, 0.6) is 0 Å². The number of aliphatic hydroxyl groups excluding tert-OH is 1. The molecule has 1 heterocycles. The van der Waals surface area contributed by atoms with Gasteiger partial charge in [-0.25, -0.2) is 0 Å². The van der Waals surface area contributed by atoms with E-state index in [1.807, 2.05) is 6.08 Å². The summed E-state index contributed by atoms with van der Waals surface area (Å²) < 4.78 is 5.37. The van der Waals surface area contributed by atoms with Crippen LogP contribution in [0.15, 0.2) is 11.6 Å². The van der Waals surface area contributed by atoms with Crippen molar-refractivity contribution in [2.24, 2.45) is 0 Å². The van der Waals surface area contributed by atoms with Crippen molar-refractivity contribution in [2.75, 3.05) is 6.61 Å². The van der Waals surface area contributed by atoms with Crippen LogP contribution in [0.3, 0.4) is 0 Å². The fourth-order valence-electron chi connectivity index (χ4n) is 1.81. The maximum Gasteiger partial charge on any atom is 0.138 e. The minimum absolute atomic E-state index is 0. The number of carbonyl (C=O) groups is 1. The smallest absolute Gasteiger partial charge is 0.138 e. The quantitative estimate of drug-likeness (QED) is 0.562. The third-order valence-corrected chi connectivity index (χ3v) is 2.41. The van der Waals surface area contributed by atoms with Crippen molar-refractivity contribution >= 4 is 5.78 Å². The average molecular weight is 435 g/mol. The molecule has 0 unspecified atom stereocenters. The zero-order valence-electron chi connectivity index (χ0n) is 8.56. The van der Waals surface area contributed by atoms with Crippen molar-refractivity contribution in [3.63, 3.8) is 0 Å². The zero-order chi connectivity index (χ0) is 8.55. The van der Waals surface area contributed by atoms with E-state index < -0.39 is 6.10 Å². The van der Waals surface area contributed by atoms with Crippen LogP contribution in [0.25, 0.3) is 0 Å². The first kappa shape index (κ1) is 20.0. The summed E-state index contributed by atoms with van der Waals surface area (Å²) in [6, 6.07) is 0. The van der Waals surface area contributed by atoms with E-state index in [4.69, 9.17) is 4.74 Å². The van der Waals surface area contributed by atoms with Crippen LogP contribution in [0.4, 0.5) is 0 Å². The number of rotatable bonds is 0. The monoisotopic (exact) mass is 435 g/mol. The molecular formula is C9H12O3Y3. The minimum atomic E-state index is -0.587. The average Bonchev–Trinajstić information content (AvgIpc) is 2.04. The van der Waals surface area contributed by atoms with Crippen LogP contribution in [-0.2, 0) is 108 Å². The molecule has 2 rings (SSSR count). The van der Waals surface area contributed by atoms with Crippen molar-refractivity contribution < 1.29 is 113 Å². The Kier molecular flexibility index (Phi) is 12.7. The molecule has 75 valence electrons. The summed E-state index contributed by atoms with van der Waals surface area (Å²) in [4.78, 5) is 11.1. The van der Waals surface area contributed by atoms with Crippen molar-refractivity contribution in [1.29, 1.82) is 0 Å². The second kappa shape index (κ2) is 9.56. The Morgan fingerprint density at radius 3 is 2.60 bits per heavy atom. The Bertz CT molecular complexity index is 243. The van der Waals surface area contributed by atoms with Gasteiger partial charge in [-0.2, -0.15) is 0 Å². The number of Topliss-reactive ketones (excluding diaryl/α,β-unsaturated/α-hetero) is 1. The second-order valence-electron chi connectivity index (χ2n) is 3.31. The van der Waals surface area contributed by atoms with E-state index in [-0.39, 0.29) is 116 Å². The Labute approximate surface area is 165 Å². The molecule has 0 aromatic heterocycles. The Morgan fingerprint density at radius 1 is 1.27 bits per heavy atom. The summed E-state index contributed by atoms with van der Waals surface area (Å²) in [5.74, 6) is 0.103. The van der Waals surface area contributed by atoms with E-state index in [9.17, 15) is 9.90 Å². The molecule has 1 fully saturated rings. The number of carbonyl (C=O) groups excluding carboxylic acids is 1. The van der Waals surface area contributed by atoms with Crippen LogP contribution in [0.1, 0.15) is 19.3 Å². The SMILES string of the molecule is O=C1C[C@@H](O)C2=CCCO[C@@H]2C1.[Y].[Y].[Y]. The Morgan fingerprint density at radius 2 is 1.93 bits per heavy atom. The fraction of sp³-hybridized carbons (Fsp3) is 0.667. The first-order valence-electron chi connectivity index (χ1n) is 4.28. The van der Waals surface area contributed by atoms with E-state index in [1.165, 1.54) is 0 Å². The van der Waals surface area contributed by atoms with Crippen molar-refractivity contribution in [3.8, 4) is 0 Å². The summed E-state index contributed by atoms with van der Waals surface area (Å²) in [5.41, 5.74) is 0.917. The summed E-state index contributed by atoms with van der Waals surface area (Å²) in [6.45, 7) is 0.675. The molecule has 0 aromatic rings. The van der Waals surface area contributed by atoms with E-state index >= 15 is 0 Å². The van der Waals surface area contributed by atoms with Crippen LogP contribution in [0.2, 0.25) is 0 Å². The van der Waals surface area contributed by atoms with Gasteiger partial charge in [-0.15, -0.1) is 0 Å². The molecule has 1 aliphatic carbocycles. The first-order chi connectivity index (χ1) is 5.77. The molecule has 0 saturated heterocycles. The molecule has 2 aliphatic rings. The standard InChI is InChI=1S/C9H12O3.3Y/c10-6-4-8(11)7-2-1-3-12-9(7)5-6;;;/h2,8-9,11H,1,3-5H2;;;/t8-,9-;;;/m1.../s1. The van der Waals surface area contributed by atoms with Gasteiger partial charge in [0.1, 0.15) is 5.78 Å². The van der Waals surface area contributed by atoms with Crippen LogP contribution < -0.4 is 0 Å². The van der Waals surface area contributed by atoms with Gasteiger partial charge < -0.3 is 9.84 Å². The van der Waals surface area contributed by atoms with E-state index in [2.05, 4.69) is 0 Å². The zero-order valence-corrected chi connectivity index (χ0v) is 17.1. The maximum atomic E-state index is 11.1.